The maximum atomic E-state index is 12.5. The number of pyridine rings is 1. The largest absolute Gasteiger partial charge is 0.433 e. The number of nitrogens with zero attached hydrogens (tertiary/aromatic N) is 1. The molecule has 0 aliphatic heterocycles. The van der Waals surface area contributed by atoms with Gasteiger partial charge in [-0.2, -0.15) is 13.2 Å². The smallest absolute Gasteiger partial charge is 0.368 e. The van der Waals surface area contributed by atoms with E-state index < -0.39 is 11.9 Å². The Morgan fingerprint density at radius 3 is 2.58 bits per heavy atom. The van der Waals surface area contributed by atoms with Gasteiger partial charge in [0.1, 0.15) is 11.5 Å². The Kier molecular flexibility index (Phi) is 6.12. The third kappa shape index (κ3) is 5.94. The third-order valence-electron chi connectivity index (χ3n) is 2.92. The first kappa shape index (κ1) is 15.8. The summed E-state index contributed by atoms with van der Waals surface area (Å²) in [5.74, 6) is 0.290. The van der Waals surface area contributed by atoms with Gasteiger partial charge in [-0.25, -0.2) is 4.98 Å². The van der Waals surface area contributed by atoms with Crippen LogP contribution in [-0.4, -0.2) is 11.0 Å². The van der Waals surface area contributed by atoms with Crippen molar-refractivity contribution in [2.75, 3.05) is 5.32 Å². The van der Waals surface area contributed by atoms with Crippen LogP contribution >= 0.6 is 0 Å². The molecule has 0 amide bonds. The van der Waals surface area contributed by atoms with Gasteiger partial charge < -0.3 is 5.32 Å². The van der Waals surface area contributed by atoms with E-state index in [4.69, 9.17) is 0 Å². The lowest BCUT2D eigenvalue weighted by molar-refractivity contribution is -0.141. The van der Waals surface area contributed by atoms with Crippen molar-refractivity contribution in [2.45, 2.75) is 58.2 Å². The van der Waals surface area contributed by atoms with Gasteiger partial charge in [0.25, 0.3) is 0 Å². The Balaban J connectivity index is 2.48. The molecule has 1 aromatic heterocycles. The summed E-state index contributed by atoms with van der Waals surface area (Å²) in [4.78, 5) is 3.59. The molecule has 0 spiro atoms. The van der Waals surface area contributed by atoms with Crippen LogP contribution in [0.5, 0.6) is 0 Å². The lowest BCUT2D eigenvalue weighted by Crippen LogP contribution is -2.17. The maximum Gasteiger partial charge on any atom is 0.433 e. The van der Waals surface area contributed by atoms with Gasteiger partial charge in [0.05, 0.1) is 0 Å². The number of nitrogens with one attached hydrogen (secondary N) is 1. The van der Waals surface area contributed by atoms with E-state index in [1.807, 2.05) is 6.92 Å². The number of hydrogen-bond donors (Lipinski definition) is 1. The van der Waals surface area contributed by atoms with Gasteiger partial charge in [-0.3, -0.25) is 0 Å². The minimum Gasteiger partial charge on any atom is -0.368 e. The fraction of sp³-hybridized carbons (Fsp3) is 0.643. The summed E-state index contributed by atoms with van der Waals surface area (Å²) in [5.41, 5.74) is -0.851. The van der Waals surface area contributed by atoms with Gasteiger partial charge in [-0.05, 0) is 25.5 Å². The number of alkyl halides is 3. The Hall–Kier alpha value is -1.26. The summed E-state index contributed by atoms with van der Waals surface area (Å²) in [5, 5.41) is 3.02. The SMILES string of the molecule is CCCCCCC(C)Nc1cccc(C(F)(F)F)n1. The number of halogens is 3. The van der Waals surface area contributed by atoms with Gasteiger partial charge in [-0.1, -0.05) is 38.7 Å². The van der Waals surface area contributed by atoms with Gasteiger partial charge in [-0.15, -0.1) is 0 Å². The third-order valence-corrected chi connectivity index (χ3v) is 2.92. The minimum absolute atomic E-state index is 0.132. The van der Waals surface area contributed by atoms with E-state index in [-0.39, 0.29) is 11.9 Å². The van der Waals surface area contributed by atoms with E-state index in [0.29, 0.717) is 0 Å². The van der Waals surface area contributed by atoms with Crippen LogP contribution < -0.4 is 5.32 Å². The van der Waals surface area contributed by atoms with Crippen LogP contribution in [0.2, 0.25) is 0 Å². The first-order valence-electron chi connectivity index (χ1n) is 6.74. The van der Waals surface area contributed by atoms with Gasteiger partial charge in [0.2, 0.25) is 0 Å². The molecule has 0 aliphatic rings. The Bertz CT molecular complexity index is 377. The Labute approximate surface area is 112 Å². The summed E-state index contributed by atoms with van der Waals surface area (Å²) >= 11 is 0. The normalized spacial score (nSPS) is 13.3. The summed E-state index contributed by atoms with van der Waals surface area (Å²) in [7, 11) is 0. The molecular weight excluding hydrogens is 253 g/mol. The Morgan fingerprint density at radius 1 is 1.21 bits per heavy atom. The van der Waals surface area contributed by atoms with Crippen molar-refractivity contribution in [2.24, 2.45) is 0 Å². The van der Waals surface area contributed by atoms with Crippen molar-refractivity contribution in [1.29, 1.82) is 0 Å². The Morgan fingerprint density at radius 2 is 1.95 bits per heavy atom. The van der Waals surface area contributed by atoms with Gasteiger partial charge in [0.15, 0.2) is 0 Å². The van der Waals surface area contributed by atoms with E-state index in [0.717, 1.165) is 18.9 Å². The topological polar surface area (TPSA) is 24.9 Å². The highest BCUT2D eigenvalue weighted by molar-refractivity contribution is 5.36. The quantitative estimate of drug-likeness (QED) is 0.717. The lowest BCUT2D eigenvalue weighted by Gasteiger charge is -2.15. The number of rotatable bonds is 7. The first-order valence-corrected chi connectivity index (χ1v) is 6.74. The molecule has 0 saturated heterocycles. The van der Waals surface area contributed by atoms with E-state index in [9.17, 15) is 13.2 Å². The zero-order chi connectivity index (χ0) is 14.3. The molecule has 2 nitrogen and oxygen atoms in total. The molecule has 1 atom stereocenters. The van der Waals surface area contributed by atoms with Crippen molar-refractivity contribution in [3.05, 3.63) is 23.9 Å². The number of anilines is 1. The molecule has 0 fully saturated rings. The van der Waals surface area contributed by atoms with Crippen LogP contribution in [-0.2, 0) is 6.18 Å². The van der Waals surface area contributed by atoms with Crippen molar-refractivity contribution in [3.63, 3.8) is 0 Å². The number of hydrogen-bond acceptors (Lipinski definition) is 2. The van der Waals surface area contributed by atoms with Gasteiger partial charge in [0, 0.05) is 6.04 Å². The molecule has 0 bridgehead atoms. The van der Waals surface area contributed by atoms with Crippen LogP contribution in [0, 0.1) is 0 Å². The second-order valence-corrected chi connectivity index (χ2v) is 4.80. The molecule has 0 radical (unpaired) electrons. The molecular formula is C14H21F3N2. The molecule has 1 heterocycles. The van der Waals surface area contributed by atoms with Crippen LogP contribution in [0.15, 0.2) is 18.2 Å². The molecule has 1 aromatic rings. The van der Waals surface area contributed by atoms with E-state index in [1.54, 1.807) is 6.07 Å². The summed E-state index contributed by atoms with van der Waals surface area (Å²) in [6.45, 7) is 4.11. The second kappa shape index (κ2) is 7.36. The molecule has 0 saturated carbocycles. The fourth-order valence-electron chi connectivity index (χ4n) is 1.87. The molecule has 0 aliphatic carbocycles. The van der Waals surface area contributed by atoms with Crippen molar-refractivity contribution in [1.82, 2.24) is 4.98 Å². The zero-order valence-corrected chi connectivity index (χ0v) is 11.4. The average molecular weight is 274 g/mol. The standard InChI is InChI=1S/C14H21F3N2/c1-3-4-5-6-8-11(2)18-13-10-7-9-12(19-13)14(15,16)17/h7,9-11H,3-6,8H2,1-2H3,(H,18,19). The molecule has 1 N–H and O–H groups in total. The van der Waals surface area contributed by atoms with Crippen LogP contribution in [0.25, 0.3) is 0 Å². The number of unbranched alkanes of at least 4 members (excludes halogenated alkanes) is 3. The molecule has 0 aromatic carbocycles. The van der Waals surface area contributed by atoms with E-state index >= 15 is 0 Å². The van der Waals surface area contributed by atoms with Crippen molar-refractivity contribution >= 4 is 5.82 Å². The highest BCUT2D eigenvalue weighted by Crippen LogP contribution is 2.28. The lowest BCUT2D eigenvalue weighted by atomic mass is 10.1. The first-order chi connectivity index (χ1) is 8.93. The zero-order valence-electron chi connectivity index (χ0n) is 11.4. The monoisotopic (exact) mass is 274 g/mol. The summed E-state index contributed by atoms with van der Waals surface area (Å²) in [6, 6.07) is 4.06. The molecule has 1 unspecified atom stereocenters. The fourth-order valence-corrected chi connectivity index (χ4v) is 1.87. The van der Waals surface area contributed by atoms with Crippen LogP contribution in [0.4, 0.5) is 19.0 Å². The minimum atomic E-state index is -4.39. The predicted octanol–water partition coefficient (Wildman–Crippen LogP) is 4.87. The molecule has 1 rings (SSSR count). The van der Waals surface area contributed by atoms with Gasteiger partial charge >= 0.3 is 6.18 Å². The van der Waals surface area contributed by atoms with Crippen LogP contribution in [0.3, 0.4) is 0 Å². The predicted molar refractivity (Wildman–Crippen MR) is 71.1 cm³/mol. The van der Waals surface area contributed by atoms with Crippen LogP contribution in [0.1, 0.15) is 51.6 Å². The highest BCUT2D eigenvalue weighted by atomic mass is 19.4. The van der Waals surface area contributed by atoms with Crippen molar-refractivity contribution < 1.29 is 13.2 Å². The number of aromatic nitrogens is 1. The highest BCUT2D eigenvalue weighted by Gasteiger charge is 2.32. The van der Waals surface area contributed by atoms with Crippen molar-refractivity contribution in [3.8, 4) is 0 Å². The second-order valence-electron chi connectivity index (χ2n) is 4.80. The summed E-state index contributed by atoms with van der Waals surface area (Å²) in [6.07, 6.45) is 1.19. The van der Waals surface area contributed by atoms with E-state index in [2.05, 4.69) is 17.2 Å². The molecule has 19 heavy (non-hydrogen) atoms. The maximum absolute atomic E-state index is 12.5. The van der Waals surface area contributed by atoms with E-state index in [1.165, 1.54) is 25.3 Å². The molecule has 5 heteroatoms. The average Bonchev–Trinajstić information content (AvgIpc) is 2.34. The molecule has 108 valence electrons. The summed E-state index contributed by atoms with van der Waals surface area (Å²) < 4.78 is 37.5.